The molecule has 0 aliphatic rings. The van der Waals surface area contributed by atoms with Crippen molar-refractivity contribution in [3.63, 3.8) is 0 Å². The summed E-state index contributed by atoms with van der Waals surface area (Å²) in [7, 11) is 0. The molecule has 1 heterocycles. The first-order chi connectivity index (χ1) is 8.79. The molecule has 0 fully saturated rings. The second-order valence-electron chi connectivity index (χ2n) is 4.14. The van der Waals surface area contributed by atoms with Crippen LogP contribution in [0.25, 0.3) is 0 Å². The van der Waals surface area contributed by atoms with Crippen molar-refractivity contribution in [2.45, 2.75) is 45.4 Å². The molecule has 98 valence electrons. The number of imidazole rings is 1. The van der Waals surface area contributed by atoms with Gasteiger partial charge in [0.25, 0.3) is 0 Å². The third-order valence-corrected chi connectivity index (χ3v) is 2.68. The molecular weight excluding hydrogens is 230 g/mol. The zero-order chi connectivity index (χ0) is 13.2. The minimum atomic E-state index is -0.502. The second kappa shape index (κ2) is 8.29. The Balaban J connectivity index is 2.16. The monoisotopic (exact) mass is 249 g/mol. The van der Waals surface area contributed by atoms with E-state index in [0.29, 0.717) is 6.61 Å². The Morgan fingerprint density at radius 3 is 2.83 bits per heavy atom. The summed E-state index contributed by atoms with van der Waals surface area (Å²) in [5.41, 5.74) is 0.228. The molecule has 0 aliphatic heterocycles. The van der Waals surface area contributed by atoms with Crippen LogP contribution >= 0.6 is 0 Å². The highest BCUT2D eigenvalue weighted by Gasteiger charge is 2.14. The molecule has 1 N–H and O–H groups in total. The molecule has 5 heteroatoms. The Kier molecular flexibility index (Phi) is 6.55. The van der Waals surface area contributed by atoms with Crippen molar-refractivity contribution >= 4 is 5.97 Å². The summed E-state index contributed by atoms with van der Waals surface area (Å²) in [6.07, 6.45) is 8.17. The van der Waals surface area contributed by atoms with E-state index in [4.69, 9.17) is 10.00 Å². The maximum Gasteiger partial charge on any atom is 0.357 e. The number of carbonyl (C=O) groups excluding carboxylic acids is 1. The van der Waals surface area contributed by atoms with Crippen LogP contribution < -0.4 is 0 Å². The van der Waals surface area contributed by atoms with Gasteiger partial charge in [0.1, 0.15) is 6.07 Å². The smallest absolute Gasteiger partial charge is 0.357 e. The number of aromatic nitrogens is 2. The van der Waals surface area contributed by atoms with Gasteiger partial charge in [-0.1, -0.05) is 39.0 Å². The number of esters is 1. The largest absolute Gasteiger partial charge is 0.461 e. The van der Waals surface area contributed by atoms with Gasteiger partial charge in [0.05, 0.1) is 12.9 Å². The van der Waals surface area contributed by atoms with Gasteiger partial charge in [-0.25, -0.2) is 9.78 Å². The Labute approximate surface area is 107 Å². The van der Waals surface area contributed by atoms with Crippen molar-refractivity contribution < 1.29 is 9.53 Å². The second-order valence-corrected chi connectivity index (χ2v) is 4.14. The van der Waals surface area contributed by atoms with Crippen LogP contribution in [0.1, 0.15) is 61.6 Å². The minimum Gasteiger partial charge on any atom is -0.461 e. The van der Waals surface area contributed by atoms with Crippen LogP contribution in [0.15, 0.2) is 6.33 Å². The van der Waals surface area contributed by atoms with Gasteiger partial charge < -0.3 is 9.72 Å². The van der Waals surface area contributed by atoms with Crippen LogP contribution in [0.4, 0.5) is 0 Å². The average Bonchev–Trinajstić information content (AvgIpc) is 2.85. The number of rotatable bonds is 8. The first-order valence-electron chi connectivity index (χ1n) is 6.40. The normalized spacial score (nSPS) is 10.0. The number of nitrogens with one attached hydrogen (secondary N) is 1. The van der Waals surface area contributed by atoms with Gasteiger partial charge in [0, 0.05) is 0 Å². The highest BCUT2D eigenvalue weighted by atomic mass is 16.5. The van der Waals surface area contributed by atoms with E-state index in [9.17, 15) is 4.79 Å². The van der Waals surface area contributed by atoms with E-state index < -0.39 is 5.97 Å². The number of ether oxygens (including phenoxy) is 1. The van der Waals surface area contributed by atoms with Crippen molar-refractivity contribution in [3.8, 4) is 6.07 Å². The summed E-state index contributed by atoms with van der Waals surface area (Å²) >= 11 is 0. The number of carbonyl (C=O) groups is 1. The Hall–Kier alpha value is -1.83. The molecule has 0 radical (unpaired) electrons. The lowest BCUT2D eigenvalue weighted by molar-refractivity contribution is 0.0491. The molecule has 0 aliphatic carbocycles. The maximum absolute atomic E-state index is 11.6. The number of nitriles is 1. The predicted molar refractivity (Wildman–Crippen MR) is 67.0 cm³/mol. The van der Waals surface area contributed by atoms with E-state index in [1.165, 1.54) is 32.0 Å². The summed E-state index contributed by atoms with van der Waals surface area (Å²) in [6.45, 7) is 2.58. The molecule has 0 bridgehead atoms. The van der Waals surface area contributed by atoms with E-state index >= 15 is 0 Å². The fourth-order valence-corrected chi connectivity index (χ4v) is 1.65. The standard InChI is InChI=1S/C13H19N3O2/c1-2-3-4-5-6-7-8-18-13(17)12-11(9-14)15-10-16-12/h10H,2-8H2,1H3,(H,15,16). The van der Waals surface area contributed by atoms with E-state index in [2.05, 4.69) is 16.9 Å². The van der Waals surface area contributed by atoms with Crippen LogP contribution in [-0.2, 0) is 4.74 Å². The molecule has 18 heavy (non-hydrogen) atoms. The van der Waals surface area contributed by atoms with Crippen LogP contribution in [0, 0.1) is 11.3 Å². The molecule has 0 amide bonds. The van der Waals surface area contributed by atoms with Gasteiger partial charge in [0.2, 0.25) is 0 Å². The van der Waals surface area contributed by atoms with Crippen LogP contribution in [0.2, 0.25) is 0 Å². The van der Waals surface area contributed by atoms with Gasteiger partial charge in [-0.05, 0) is 6.42 Å². The van der Waals surface area contributed by atoms with Gasteiger partial charge >= 0.3 is 5.97 Å². The highest BCUT2D eigenvalue weighted by Crippen LogP contribution is 2.07. The third-order valence-electron chi connectivity index (χ3n) is 2.68. The van der Waals surface area contributed by atoms with Gasteiger partial charge in [-0.3, -0.25) is 0 Å². The topological polar surface area (TPSA) is 78.8 Å². The molecule has 0 saturated heterocycles. The predicted octanol–water partition coefficient (Wildman–Crippen LogP) is 2.80. The summed E-state index contributed by atoms with van der Waals surface area (Å²) < 4.78 is 5.07. The number of nitrogens with zero attached hydrogens (tertiary/aromatic N) is 2. The lowest BCUT2D eigenvalue weighted by Gasteiger charge is -2.03. The van der Waals surface area contributed by atoms with E-state index in [1.54, 1.807) is 0 Å². The lowest BCUT2D eigenvalue weighted by atomic mass is 10.1. The number of hydrogen-bond donors (Lipinski definition) is 1. The zero-order valence-corrected chi connectivity index (χ0v) is 10.7. The van der Waals surface area contributed by atoms with E-state index in [-0.39, 0.29) is 11.4 Å². The Morgan fingerprint density at radius 1 is 1.39 bits per heavy atom. The molecule has 1 aromatic heterocycles. The van der Waals surface area contributed by atoms with Gasteiger partial charge in [-0.2, -0.15) is 5.26 Å². The number of unbranched alkanes of at least 4 members (excludes halogenated alkanes) is 5. The quantitative estimate of drug-likeness (QED) is 0.567. The minimum absolute atomic E-state index is 0.0861. The molecule has 0 aromatic carbocycles. The van der Waals surface area contributed by atoms with Crippen LogP contribution in [0.3, 0.4) is 0 Å². The third kappa shape index (κ3) is 4.58. The van der Waals surface area contributed by atoms with E-state index in [1.807, 2.05) is 6.07 Å². The summed E-state index contributed by atoms with van der Waals surface area (Å²) in [4.78, 5) is 17.9. The Morgan fingerprint density at radius 2 is 2.11 bits per heavy atom. The summed E-state index contributed by atoms with van der Waals surface area (Å²) in [6, 6.07) is 1.84. The van der Waals surface area contributed by atoms with E-state index in [0.717, 1.165) is 12.8 Å². The van der Waals surface area contributed by atoms with Crippen molar-refractivity contribution in [2.75, 3.05) is 6.61 Å². The first kappa shape index (κ1) is 14.2. The SMILES string of the molecule is CCCCCCCCOC(=O)c1[nH]cnc1C#N. The number of aromatic amines is 1. The molecule has 1 rings (SSSR count). The van der Waals surface area contributed by atoms with Gasteiger partial charge in [0.15, 0.2) is 11.4 Å². The highest BCUT2D eigenvalue weighted by molar-refractivity contribution is 5.89. The summed E-state index contributed by atoms with van der Waals surface area (Å²) in [5, 5.41) is 8.71. The lowest BCUT2D eigenvalue weighted by Crippen LogP contribution is -2.08. The van der Waals surface area contributed by atoms with Crippen molar-refractivity contribution in [2.24, 2.45) is 0 Å². The molecule has 0 atom stereocenters. The van der Waals surface area contributed by atoms with Crippen molar-refractivity contribution in [3.05, 3.63) is 17.7 Å². The number of hydrogen-bond acceptors (Lipinski definition) is 4. The first-order valence-corrected chi connectivity index (χ1v) is 6.40. The molecule has 5 nitrogen and oxygen atoms in total. The molecule has 0 saturated carbocycles. The van der Waals surface area contributed by atoms with Crippen LogP contribution in [0.5, 0.6) is 0 Å². The fraction of sp³-hybridized carbons (Fsp3) is 0.615. The molecule has 0 spiro atoms. The van der Waals surface area contributed by atoms with Crippen molar-refractivity contribution in [1.82, 2.24) is 9.97 Å². The maximum atomic E-state index is 11.6. The molecule has 1 aromatic rings. The van der Waals surface area contributed by atoms with Gasteiger partial charge in [-0.15, -0.1) is 0 Å². The molecule has 0 unspecified atom stereocenters. The zero-order valence-electron chi connectivity index (χ0n) is 10.7. The molecular formula is C13H19N3O2. The van der Waals surface area contributed by atoms with Crippen LogP contribution in [-0.4, -0.2) is 22.5 Å². The number of H-pyrrole nitrogens is 1. The van der Waals surface area contributed by atoms with Crippen molar-refractivity contribution in [1.29, 1.82) is 5.26 Å². The fourth-order valence-electron chi connectivity index (χ4n) is 1.65. The summed E-state index contributed by atoms with van der Waals surface area (Å²) in [5.74, 6) is -0.502. The average molecular weight is 249 g/mol. The Bertz CT molecular complexity index is 407.